The van der Waals surface area contributed by atoms with Gasteiger partial charge in [0.25, 0.3) is 0 Å². The second kappa shape index (κ2) is 13.3. The van der Waals surface area contributed by atoms with Gasteiger partial charge in [-0.3, -0.25) is 0 Å². The first-order chi connectivity index (χ1) is 23.4. The van der Waals surface area contributed by atoms with E-state index in [0.717, 1.165) is 87.0 Å². The van der Waals surface area contributed by atoms with Gasteiger partial charge >= 0.3 is 57.1 Å². The molecule has 0 aliphatic carbocycles. The second-order valence-electron chi connectivity index (χ2n) is 10.2. The van der Waals surface area contributed by atoms with Crippen LogP contribution in [0.15, 0.2) is 93.5 Å². The molecule has 3 aromatic rings. The summed E-state index contributed by atoms with van der Waals surface area (Å²) in [5.41, 5.74) is 0. The molecule has 0 saturated carbocycles. The van der Waals surface area contributed by atoms with Crippen LogP contribution in [-0.4, -0.2) is 69.6 Å². The summed E-state index contributed by atoms with van der Waals surface area (Å²) in [5, 5.41) is -7.91. The number of hydrogen-bond donors (Lipinski definition) is 0. The first kappa shape index (κ1) is 42.7. The van der Waals surface area contributed by atoms with E-state index in [2.05, 4.69) is 3.63 Å². The molecule has 0 radical (unpaired) electrons. The van der Waals surface area contributed by atoms with Gasteiger partial charge in [0, 0.05) is 14.7 Å². The van der Waals surface area contributed by atoms with Crippen LogP contribution in [0.4, 0.5) is 74.6 Å². The van der Waals surface area contributed by atoms with Gasteiger partial charge in [0.05, 0.1) is 14.2 Å². The third-order valence-electron chi connectivity index (χ3n) is 7.06. The molecule has 0 N–H and O–H groups in total. The molecule has 3 rings (SSSR count). The fourth-order valence-corrected chi connectivity index (χ4v) is 9.35. The molecule has 292 valence electrons. The molecule has 0 heterocycles. The number of benzene rings is 3. The van der Waals surface area contributed by atoms with Crippen LogP contribution in [-0.2, 0) is 13.7 Å². The summed E-state index contributed by atoms with van der Waals surface area (Å²) in [6.45, 7) is 0. The van der Waals surface area contributed by atoms with Crippen LogP contribution in [0.25, 0.3) is 0 Å². The van der Waals surface area contributed by atoms with Crippen LogP contribution < -0.4 is 9.47 Å². The van der Waals surface area contributed by atoms with E-state index >= 15 is 8.78 Å². The van der Waals surface area contributed by atoms with E-state index in [4.69, 9.17) is 9.47 Å². The van der Waals surface area contributed by atoms with Crippen molar-refractivity contribution in [2.45, 2.75) is 61.7 Å². The largest absolute Gasteiger partial charge is 0.497 e. The zero-order chi connectivity index (χ0) is 40.2. The highest BCUT2D eigenvalue weighted by Crippen LogP contribution is 2.72. The molecule has 0 bridgehead atoms. The Morgan fingerprint density at radius 2 is 0.731 bits per heavy atom. The molecule has 0 aliphatic heterocycles. The Labute approximate surface area is 282 Å². The minimum atomic E-state index is -8.99. The van der Waals surface area contributed by atoms with E-state index in [1.807, 2.05) is 0 Å². The molecule has 0 fully saturated rings. The van der Waals surface area contributed by atoms with Crippen molar-refractivity contribution in [2.24, 2.45) is 0 Å². The lowest BCUT2D eigenvalue weighted by Gasteiger charge is -2.43. The van der Waals surface area contributed by atoms with Crippen molar-refractivity contribution in [1.29, 1.82) is 0 Å². The maximum absolute atomic E-state index is 15.4. The number of halogens is 17. The van der Waals surface area contributed by atoms with Crippen molar-refractivity contribution < 1.29 is 96.2 Å². The molecule has 52 heavy (non-hydrogen) atoms. The van der Waals surface area contributed by atoms with E-state index in [9.17, 15) is 74.3 Å². The average Bonchev–Trinajstić information content (AvgIpc) is 3.06. The van der Waals surface area contributed by atoms with Crippen molar-refractivity contribution >= 4 is 20.4 Å². The lowest BCUT2D eigenvalue weighted by Crippen LogP contribution is -2.75. The summed E-state index contributed by atoms with van der Waals surface area (Å²) in [6.07, 6.45) is -7.94. The predicted molar refractivity (Wildman–Crippen MR) is 146 cm³/mol. The second-order valence-corrected chi connectivity index (χ2v) is 14.7. The third-order valence-corrected chi connectivity index (χ3v) is 12.3. The van der Waals surface area contributed by atoms with Crippen LogP contribution in [0.3, 0.4) is 0 Å². The highest BCUT2D eigenvalue weighted by Gasteiger charge is 2.96. The Bertz CT molecular complexity index is 1770. The van der Waals surface area contributed by atoms with Crippen LogP contribution in [0.5, 0.6) is 11.5 Å². The standard InChI is InChI=1S/C28H19F17O5S2/c1-48-16-8-12-19(13-9-16)51(18-6-4-3-5-7-18,20-14-10-17(49-2)11-15-20)50-52(46,47)28(44,45)26(39,40)24(35,36)22(31,32)21(29,30)23(33,34)25(37,38)27(41,42)43/h3-15H,1-2H3. The van der Waals surface area contributed by atoms with Crippen molar-refractivity contribution in [1.82, 2.24) is 0 Å². The Morgan fingerprint density at radius 1 is 0.423 bits per heavy atom. The van der Waals surface area contributed by atoms with Crippen LogP contribution in [0.1, 0.15) is 0 Å². The van der Waals surface area contributed by atoms with Crippen LogP contribution in [0, 0.1) is 0 Å². The smallest absolute Gasteiger partial charge is 0.460 e. The summed E-state index contributed by atoms with van der Waals surface area (Å²) >= 11 is 0. The van der Waals surface area contributed by atoms with Crippen LogP contribution in [0.2, 0.25) is 0 Å². The van der Waals surface area contributed by atoms with E-state index < -0.39 is 82.1 Å². The number of methoxy groups -OCH3 is 2. The van der Waals surface area contributed by atoms with E-state index in [1.54, 1.807) is 0 Å². The van der Waals surface area contributed by atoms with Gasteiger partial charge in [-0.1, -0.05) is 18.2 Å². The van der Waals surface area contributed by atoms with Gasteiger partial charge in [-0.05, 0) is 71.0 Å². The molecular weight excluding hydrogens is 803 g/mol. The van der Waals surface area contributed by atoms with E-state index in [1.165, 1.54) is 6.07 Å². The highest BCUT2D eigenvalue weighted by molar-refractivity contribution is 8.33. The Hall–Kier alpha value is -3.67. The molecular formula is C28H19F17O5S2. The Balaban J connectivity index is 2.34. The zero-order valence-corrected chi connectivity index (χ0v) is 26.9. The number of alkyl halides is 17. The molecule has 0 amide bonds. The Kier molecular flexibility index (Phi) is 10.9. The molecule has 0 unspecified atom stereocenters. The summed E-state index contributed by atoms with van der Waals surface area (Å²) in [6, 6.07) is 12.8. The molecule has 0 spiro atoms. The van der Waals surface area contributed by atoms with Gasteiger partial charge in [-0.15, -0.1) is 0 Å². The zero-order valence-electron chi connectivity index (χ0n) is 25.3. The topological polar surface area (TPSA) is 61.8 Å². The van der Waals surface area contributed by atoms with Gasteiger partial charge in [-0.2, -0.15) is 83.1 Å². The molecule has 0 saturated heterocycles. The van der Waals surface area contributed by atoms with Gasteiger partial charge in [0.2, 0.25) is 0 Å². The summed E-state index contributed by atoms with van der Waals surface area (Å²) in [4.78, 5) is -1.71. The van der Waals surface area contributed by atoms with Crippen molar-refractivity contribution in [2.75, 3.05) is 14.2 Å². The summed E-state index contributed by atoms with van der Waals surface area (Å²) < 4.78 is 278. The Morgan fingerprint density at radius 3 is 1.06 bits per heavy atom. The third kappa shape index (κ3) is 6.16. The lowest BCUT2D eigenvalue weighted by molar-refractivity contribution is -0.458. The highest BCUT2D eigenvalue weighted by atomic mass is 32.3. The molecule has 0 aromatic heterocycles. The molecule has 0 atom stereocenters. The minimum Gasteiger partial charge on any atom is -0.497 e. The van der Waals surface area contributed by atoms with Gasteiger partial charge in [0.1, 0.15) is 11.5 Å². The predicted octanol–water partition coefficient (Wildman–Crippen LogP) is 10.2. The monoisotopic (exact) mass is 822 g/mol. The first-order valence-electron chi connectivity index (χ1n) is 13.2. The van der Waals surface area contributed by atoms with Crippen molar-refractivity contribution in [3.63, 3.8) is 0 Å². The van der Waals surface area contributed by atoms with Crippen molar-refractivity contribution in [3.8, 4) is 11.5 Å². The molecule has 5 nitrogen and oxygen atoms in total. The maximum atomic E-state index is 15.4. The average molecular weight is 823 g/mol. The molecule has 24 heteroatoms. The quantitative estimate of drug-likeness (QED) is 0.152. The normalized spacial score (nSPS) is 15.0. The fraction of sp³-hybridized carbons (Fsp3) is 0.357. The SMILES string of the molecule is COc1ccc(S(OS(=O)(=O)C(F)(F)C(F)(F)C(F)(F)C(F)(F)C(F)(F)C(F)(F)C(F)(F)C(F)(F)F)(c2ccccc2)c2ccc(OC)cc2)cc1. The summed E-state index contributed by atoms with van der Waals surface area (Å²) in [7, 11) is -10.4. The van der Waals surface area contributed by atoms with E-state index in [0.29, 0.717) is 0 Å². The molecule has 3 aromatic carbocycles. The fourth-order valence-electron chi connectivity index (χ4n) is 4.16. The minimum absolute atomic E-state index is 0.0322. The molecule has 0 aliphatic rings. The van der Waals surface area contributed by atoms with Gasteiger partial charge in [-0.25, -0.2) is 3.63 Å². The first-order valence-corrected chi connectivity index (χ1v) is 16.2. The number of ether oxygens (including phenoxy) is 2. The van der Waals surface area contributed by atoms with Gasteiger partial charge < -0.3 is 9.47 Å². The van der Waals surface area contributed by atoms with Gasteiger partial charge in [0.15, 0.2) is 0 Å². The van der Waals surface area contributed by atoms with Crippen molar-refractivity contribution in [3.05, 3.63) is 78.9 Å². The lowest BCUT2D eigenvalue weighted by atomic mass is 9.91. The number of rotatable bonds is 14. The summed E-state index contributed by atoms with van der Waals surface area (Å²) in [5.74, 6) is -52.6. The van der Waals surface area contributed by atoms with Crippen LogP contribution >= 0.6 is 10.3 Å². The maximum Gasteiger partial charge on any atom is 0.460 e. The number of hydrogen-bond acceptors (Lipinski definition) is 5. The van der Waals surface area contributed by atoms with E-state index in [-0.39, 0.29) is 11.5 Å².